The molecular formula is C26H34F2O4S. The van der Waals surface area contributed by atoms with Crippen LogP contribution in [0.2, 0.25) is 0 Å². The Labute approximate surface area is 198 Å². The summed E-state index contributed by atoms with van der Waals surface area (Å²) < 4.78 is 34.1. The van der Waals surface area contributed by atoms with Gasteiger partial charge in [-0.15, -0.1) is 11.3 Å². The molecule has 1 aliphatic carbocycles. The number of hydrogen-bond donors (Lipinski definition) is 2. The van der Waals surface area contributed by atoms with E-state index in [4.69, 9.17) is 4.74 Å². The van der Waals surface area contributed by atoms with Gasteiger partial charge in [0.25, 0.3) is 5.92 Å². The van der Waals surface area contributed by atoms with Gasteiger partial charge in [-0.25, -0.2) is 8.78 Å². The number of thiophene rings is 1. The minimum atomic E-state index is -3.01. The molecule has 0 saturated heterocycles. The zero-order chi connectivity index (χ0) is 24.0. The number of ketones is 1. The van der Waals surface area contributed by atoms with Crippen molar-refractivity contribution in [1.29, 1.82) is 0 Å². The number of Topliss-reactive ketones (excluding diaryl/α,β-unsaturated/α-hetero) is 1. The molecular weight excluding hydrogens is 446 g/mol. The first-order chi connectivity index (χ1) is 15.7. The summed E-state index contributed by atoms with van der Waals surface area (Å²) in [5.74, 6) is -3.07. The number of aliphatic hydroxyl groups is 2. The number of rotatable bonds is 12. The zero-order valence-corrected chi connectivity index (χ0v) is 20.1. The van der Waals surface area contributed by atoms with E-state index in [0.29, 0.717) is 12.2 Å². The molecule has 33 heavy (non-hydrogen) atoms. The lowest BCUT2D eigenvalue weighted by atomic mass is 9.85. The second-order valence-electron chi connectivity index (χ2n) is 9.37. The molecule has 4 atom stereocenters. The number of aliphatic hydroxyl groups excluding tert-OH is 2. The SMILES string of the molecule is CC(C)C(=O)c1ccc(CCC[C@@H]2[C@@H](CCC(F)(F)COc3ccccc3)[C@H](O)C[C@@H]2O)s1. The Morgan fingerprint density at radius 1 is 1.09 bits per heavy atom. The maximum absolute atomic E-state index is 14.4. The fourth-order valence-corrected chi connectivity index (χ4v) is 5.71. The molecule has 7 heteroatoms. The molecule has 0 unspecified atom stereocenters. The first-order valence-corrected chi connectivity index (χ1v) is 12.5. The molecule has 0 radical (unpaired) electrons. The van der Waals surface area contributed by atoms with Crippen LogP contribution in [-0.4, -0.2) is 40.7 Å². The number of alkyl halides is 2. The molecule has 182 valence electrons. The van der Waals surface area contributed by atoms with Crippen molar-refractivity contribution in [2.24, 2.45) is 17.8 Å². The average molecular weight is 481 g/mol. The number of ether oxygens (including phenoxy) is 1. The quantitative estimate of drug-likeness (QED) is 0.379. The van der Waals surface area contributed by atoms with Crippen LogP contribution in [0.4, 0.5) is 8.78 Å². The summed E-state index contributed by atoms with van der Waals surface area (Å²) in [5, 5.41) is 20.8. The Morgan fingerprint density at radius 3 is 2.42 bits per heavy atom. The van der Waals surface area contributed by atoms with Crippen LogP contribution in [0.25, 0.3) is 0 Å². The largest absolute Gasteiger partial charge is 0.487 e. The molecule has 1 aromatic carbocycles. The molecule has 0 bridgehead atoms. The maximum atomic E-state index is 14.4. The van der Waals surface area contributed by atoms with Gasteiger partial charge in [-0.05, 0) is 68.2 Å². The fourth-order valence-electron chi connectivity index (χ4n) is 4.58. The molecule has 3 rings (SSSR count). The standard InChI is InChI=1S/C26H34F2O4S/c1-17(2)25(31)24-12-11-19(33-24)9-6-10-20-21(23(30)15-22(20)29)13-14-26(27,28)16-32-18-7-4-3-5-8-18/h3-5,7-8,11-12,17,20-23,29-30H,6,9-10,13-16H2,1-2H3/t20-,21-,22+,23-/m1/s1. The number of carbonyl (C=O) groups is 1. The van der Waals surface area contributed by atoms with Gasteiger partial charge in [0.1, 0.15) is 5.75 Å². The van der Waals surface area contributed by atoms with Crippen molar-refractivity contribution in [1.82, 2.24) is 0 Å². The van der Waals surface area contributed by atoms with Crippen LogP contribution in [0.15, 0.2) is 42.5 Å². The molecule has 0 amide bonds. The maximum Gasteiger partial charge on any atom is 0.281 e. The molecule has 1 saturated carbocycles. The number of para-hydroxylation sites is 1. The third-order valence-electron chi connectivity index (χ3n) is 6.45. The van der Waals surface area contributed by atoms with Gasteiger partial charge in [0.05, 0.1) is 17.1 Å². The first-order valence-electron chi connectivity index (χ1n) is 11.7. The Morgan fingerprint density at radius 2 is 1.76 bits per heavy atom. The Hall–Kier alpha value is -1.83. The van der Waals surface area contributed by atoms with Crippen LogP contribution in [0.3, 0.4) is 0 Å². The van der Waals surface area contributed by atoms with E-state index in [1.807, 2.05) is 26.0 Å². The van der Waals surface area contributed by atoms with Gasteiger partial charge < -0.3 is 14.9 Å². The molecule has 2 aromatic rings. The van der Waals surface area contributed by atoms with E-state index >= 15 is 0 Å². The van der Waals surface area contributed by atoms with Crippen molar-refractivity contribution in [2.75, 3.05) is 6.61 Å². The number of hydrogen-bond acceptors (Lipinski definition) is 5. The van der Waals surface area contributed by atoms with Gasteiger partial charge in [0.15, 0.2) is 12.4 Å². The fraction of sp³-hybridized carbons (Fsp3) is 0.577. The number of halogens is 2. The lowest BCUT2D eigenvalue weighted by Crippen LogP contribution is -2.29. The van der Waals surface area contributed by atoms with E-state index in [9.17, 15) is 23.8 Å². The first kappa shape index (κ1) is 25.8. The Bertz CT molecular complexity index is 883. The van der Waals surface area contributed by atoms with Gasteiger partial charge in [-0.2, -0.15) is 0 Å². The van der Waals surface area contributed by atoms with Crippen molar-refractivity contribution in [3.8, 4) is 5.75 Å². The molecule has 0 aliphatic heterocycles. The number of benzene rings is 1. The Balaban J connectivity index is 1.49. The summed E-state index contributed by atoms with van der Waals surface area (Å²) in [7, 11) is 0. The van der Waals surface area contributed by atoms with Crippen LogP contribution in [0.1, 0.15) is 60.5 Å². The predicted molar refractivity (Wildman–Crippen MR) is 126 cm³/mol. The van der Waals surface area contributed by atoms with Crippen LogP contribution >= 0.6 is 11.3 Å². The molecule has 1 heterocycles. The van der Waals surface area contributed by atoms with Crippen LogP contribution in [0.5, 0.6) is 5.75 Å². The Kier molecular flexibility index (Phi) is 9.02. The van der Waals surface area contributed by atoms with Gasteiger partial charge in [-0.1, -0.05) is 32.0 Å². The number of aryl methyl sites for hydroxylation is 1. The number of carbonyl (C=O) groups excluding carboxylic acids is 1. The van der Waals surface area contributed by atoms with Crippen LogP contribution in [0, 0.1) is 17.8 Å². The topological polar surface area (TPSA) is 66.8 Å². The summed E-state index contributed by atoms with van der Waals surface area (Å²) in [6, 6.07) is 12.3. The highest BCUT2D eigenvalue weighted by atomic mass is 32.1. The van der Waals surface area contributed by atoms with Crippen molar-refractivity contribution in [3.63, 3.8) is 0 Å². The predicted octanol–water partition coefficient (Wildman–Crippen LogP) is 5.76. The normalized spacial score (nSPS) is 23.2. The van der Waals surface area contributed by atoms with Crippen LogP contribution in [-0.2, 0) is 6.42 Å². The second-order valence-corrected chi connectivity index (χ2v) is 10.5. The summed E-state index contributed by atoms with van der Waals surface area (Å²) in [6.45, 7) is 3.06. The average Bonchev–Trinajstić information content (AvgIpc) is 3.35. The van der Waals surface area contributed by atoms with Gasteiger partial charge in [0.2, 0.25) is 0 Å². The van der Waals surface area contributed by atoms with Crippen molar-refractivity contribution in [2.45, 2.75) is 70.5 Å². The summed E-state index contributed by atoms with van der Waals surface area (Å²) >= 11 is 1.50. The van der Waals surface area contributed by atoms with E-state index in [1.54, 1.807) is 30.3 Å². The van der Waals surface area contributed by atoms with Crippen LogP contribution < -0.4 is 4.74 Å². The van der Waals surface area contributed by atoms with E-state index < -0.39 is 31.2 Å². The smallest absolute Gasteiger partial charge is 0.281 e. The van der Waals surface area contributed by atoms with Gasteiger partial charge in [-0.3, -0.25) is 4.79 Å². The summed E-state index contributed by atoms with van der Waals surface area (Å²) in [5.41, 5.74) is 0. The highest BCUT2D eigenvalue weighted by Crippen LogP contribution is 2.40. The van der Waals surface area contributed by atoms with Crippen molar-refractivity contribution in [3.05, 3.63) is 52.2 Å². The van der Waals surface area contributed by atoms with E-state index in [0.717, 1.165) is 22.6 Å². The van der Waals surface area contributed by atoms with E-state index in [2.05, 4.69) is 0 Å². The van der Waals surface area contributed by atoms with Gasteiger partial charge >= 0.3 is 0 Å². The molecule has 2 N–H and O–H groups in total. The van der Waals surface area contributed by atoms with E-state index in [-0.39, 0.29) is 36.4 Å². The minimum absolute atomic E-state index is 0.0383. The zero-order valence-electron chi connectivity index (χ0n) is 19.3. The lowest BCUT2D eigenvalue weighted by Gasteiger charge is -2.25. The van der Waals surface area contributed by atoms with Crippen molar-refractivity contribution >= 4 is 17.1 Å². The highest BCUT2D eigenvalue weighted by Gasteiger charge is 2.43. The monoisotopic (exact) mass is 480 g/mol. The molecule has 1 fully saturated rings. The lowest BCUT2D eigenvalue weighted by molar-refractivity contribution is -0.0570. The van der Waals surface area contributed by atoms with Crippen molar-refractivity contribution < 1.29 is 28.5 Å². The molecule has 1 aromatic heterocycles. The molecule has 1 aliphatic rings. The summed E-state index contributed by atoms with van der Waals surface area (Å²) in [6.07, 6.45) is 0.718. The minimum Gasteiger partial charge on any atom is -0.487 e. The summed E-state index contributed by atoms with van der Waals surface area (Å²) in [4.78, 5) is 14.0. The van der Waals surface area contributed by atoms with E-state index in [1.165, 1.54) is 11.3 Å². The third-order valence-corrected chi connectivity index (χ3v) is 7.61. The second kappa shape index (κ2) is 11.5. The van der Waals surface area contributed by atoms with Gasteiger partial charge in [0, 0.05) is 17.2 Å². The third kappa shape index (κ3) is 7.33. The molecule has 4 nitrogen and oxygen atoms in total. The highest BCUT2D eigenvalue weighted by molar-refractivity contribution is 7.14. The molecule has 0 spiro atoms.